The number of sulfone groups is 1. The van der Waals surface area contributed by atoms with E-state index in [2.05, 4.69) is 0 Å². The second kappa shape index (κ2) is 3.70. The van der Waals surface area contributed by atoms with Crippen molar-refractivity contribution in [2.24, 2.45) is 5.92 Å². The minimum Gasteiger partial charge on any atom is -0.303 e. The van der Waals surface area contributed by atoms with Crippen LogP contribution in [-0.4, -0.2) is 26.2 Å². The monoisotopic (exact) mass is 238 g/mol. The zero-order chi connectivity index (χ0) is 11.9. The van der Waals surface area contributed by atoms with E-state index in [1.54, 1.807) is 0 Å². The number of carbonyl (C=O) groups excluding carboxylic acids is 1. The van der Waals surface area contributed by atoms with E-state index in [0.717, 1.165) is 17.4 Å². The van der Waals surface area contributed by atoms with Gasteiger partial charge in [-0.25, -0.2) is 8.42 Å². The van der Waals surface area contributed by atoms with Crippen molar-refractivity contribution in [2.75, 3.05) is 6.26 Å². The van der Waals surface area contributed by atoms with Crippen LogP contribution in [0.2, 0.25) is 0 Å². The molecule has 0 radical (unpaired) electrons. The average Bonchev–Trinajstić information content (AvgIpc) is 2.92. The molecule has 16 heavy (non-hydrogen) atoms. The van der Waals surface area contributed by atoms with Crippen molar-refractivity contribution < 1.29 is 13.2 Å². The first-order valence-corrected chi connectivity index (χ1v) is 7.11. The first-order chi connectivity index (χ1) is 7.45. The molecule has 0 spiro atoms. The van der Waals surface area contributed by atoms with E-state index < -0.39 is 15.1 Å². The molecule has 0 bridgehead atoms. The third-order valence-electron chi connectivity index (χ3n) is 3.12. The highest BCUT2D eigenvalue weighted by Crippen LogP contribution is 2.50. The Balaban J connectivity index is 2.30. The summed E-state index contributed by atoms with van der Waals surface area (Å²) in [5.41, 5.74) is 2.07. The van der Waals surface area contributed by atoms with Crippen LogP contribution in [0.15, 0.2) is 24.3 Å². The number of rotatable bonds is 3. The van der Waals surface area contributed by atoms with E-state index >= 15 is 0 Å². The lowest BCUT2D eigenvalue weighted by Crippen LogP contribution is -2.07. The van der Waals surface area contributed by atoms with E-state index in [1.165, 1.54) is 6.26 Å². The molecule has 0 aliphatic heterocycles. The van der Waals surface area contributed by atoms with Crippen LogP contribution >= 0.6 is 0 Å². The first kappa shape index (κ1) is 11.3. The van der Waals surface area contributed by atoms with Crippen molar-refractivity contribution in [2.45, 2.75) is 18.1 Å². The van der Waals surface area contributed by atoms with Crippen LogP contribution in [0.3, 0.4) is 0 Å². The summed E-state index contributed by atoms with van der Waals surface area (Å²) in [6.45, 7) is 1.97. The molecule has 0 N–H and O–H groups in total. The lowest BCUT2D eigenvalue weighted by Gasteiger charge is -1.99. The molecule has 1 aliphatic rings. The summed E-state index contributed by atoms with van der Waals surface area (Å²) in [6.07, 6.45) is 1.96. The van der Waals surface area contributed by atoms with Crippen LogP contribution in [0.1, 0.15) is 17.0 Å². The Morgan fingerprint density at radius 2 is 1.75 bits per heavy atom. The summed E-state index contributed by atoms with van der Waals surface area (Å²) < 4.78 is 22.9. The number of aldehydes is 1. The normalized spacial score (nSPS) is 28.8. The standard InChI is InChI=1S/C12H14O3S/c1-8-3-5-9(6-4-8)11-10(7-13)12(11)16(2,14)15/h3-7,10-12H,1-2H3/t10-,11-,12-/m1/s1. The van der Waals surface area contributed by atoms with Gasteiger partial charge in [0.1, 0.15) is 6.29 Å². The molecule has 0 aromatic heterocycles. The second-order valence-corrected chi connectivity index (χ2v) is 6.65. The maximum Gasteiger partial charge on any atom is 0.151 e. The van der Waals surface area contributed by atoms with E-state index in [9.17, 15) is 13.2 Å². The molecule has 2 rings (SSSR count). The maximum atomic E-state index is 11.5. The molecule has 0 saturated heterocycles. The summed E-state index contributed by atoms with van der Waals surface area (Å²) >= 11 is 0. The zero-order valence-electron chi connectivity index (χ0n) is 9.25. The van der Waals surface area contributed by atoms with Crippen molar-refractivity contribution in [3.8, 4) is 0 Å². The first-order valence-electron chi connectivity index (χ1n) is 5.16. The van der Waals surface area contributed by atoms with Gasteiger partial charge >= 0.3 is 0 Å². The van der Waals surface area contributed by atoms with Gasteiger partial charge in [0.2, 0.25) is 0 Å². The molecule has 0 amide bonds. The molecular weight excluding hydrogens is 224 g/mol. The van der Waals surface area contributed by atoms with Crippen LogP contribution in [0.5, 0.6) is 0 Å². The second-order valence-electron chi connectivity index (χ2n) is 4.44. The Labute approximate surface area is 95.4 Å². The average molecular weight is 238 g/mol. The van der Waals surface area contributed by atoms with Gasteiger partial charge in [-0.15, -0.1) is 0 Å². The lowest BCUT2D eigenvalue weighted by molar-refractivity contribution is -0.108. The zero-order valence-corrected chi connectivity index (χ0v) is 10.1. The van der Waals surface area contributed by atoms with Gasteiger partial charge in [-0.1, -0.05) is 29.8 Å². The van der Waals surface area contributed by atoms with Gasteiger partial charge in [-0.05, 0) is 12.5 Å². The Hall–Kier alpha value is -1.16. The van der Waals surface area contributed by atoms with Gasteiger partial charge < -0.3 is 4.79 Å². The van der Waals surface area contributed by atoms with Crippen molar-refractivity contribution in [1.82, 2.24) is 0 Å². The van der Waals surface area contributed by atoms with Crippen molar-refractivity contribution in [3.05, 3.63) is 35.4 Å². The van der Waals surface area contributed by atoms with Crippen LogP contribution in [-0.2, 0) is 14.6 Å². The quantitative estimate of drug-likeness (QED) is 0.746. The largest absolute Gasteiger partial charge is 0.303 e. The number of aryl methyl sites for hydroxylation is 1. The predicted molar refractivity (Wildman–Crippen MR) is 62.1 cm³/mol. The summed E-state index contributed by atoms with van der Waals surface area (Å²) in [5.74, 6) is -0.509. The molecule has 1 aromatic carbocycles. The minimum absolute atomic E-state index is 0.145. The fourth-order valence-electron chi connectivity index (χ4n) is 2.22. The van der Waals surface area contributed by atoms with Crippen LogP contribution in [0, 0.1) is 12.8 Å². The molecule has 3 nitrogen and oxygen atoms in total. The third kappa shape index (κ3) is 1.89. The van der Waals surface area contributed by atoms with Crippen LogP contribution in [0.4, 0.5) is 0 Å². The van der Waals surface area contributed by atoms with Crippen molar-refractivity contribution in [3.63, 3.8) is 0 Å². The lowest BCUT2D eigenvalue weighted by atomic mass is 10.1. The molecule has 0 unspecified atom stereocenters. The van der Waals surface area contributed by atoms with E-state index in [1.807, 2.05) is 31.2 Å². The summed E-state index contributed by atoms with van der Waals surface area (Å²) in [6, 6.07) is 7.69. The summed E-state index contributed by atoms with van der Waals surface area (Å²) in [4.78, 5) is 10.8. The molecule has 1 aliphatic carbocycles. The number of carbonyl (C=O) groups is 1. The highest BCUT2D eigenvalue weighted by molar-refractivity contribution is 7.91. The number of hydrogen-bond donors (Lipinski definition) is 0. The molecule has 0 heterocycles. The van der Waals surface area contributed by atoms with E-state index in [-0.39, 0.29) is 11.8 Å². The minimum atomic E-state index is -3.13. The Kier molecular flexibility index (Phi) is 2.62. The Morgan fingerprint density at radius 1 is 1.19 bits per heavy atom. The van der Waals surface area contributed by atoms with Gasteiger partial charge in [-0.3, -0.25) is 0 Å². The highest BCUT2D eigenvalue weighted by Gasteiger charge is 2.57. The molecule has 1 aromatic rings. The molecule has 1 saturated carbocycles. The topological polar surface area (TPSA) is 51.2 Å². The third-order valence-corrected chi connectivity index (χ3v) is 4.72. The van der Waals surface area contributed by atoms with Crippen molar-refractivity contribution >= 4 is 16.1 Å². The molecule has 4 heteroatoms. The number of benzene rings is 1. The molecule has 1 fully saturated rings. The van der Waals surface area contributed by atoms with Gasteiger partial charge in [-0.2, -0.15) is 0 Å². The van der Waals surface area contributed by atoms with Crippen molar-refractivity contribution in [1.29, 1.82) is 0 Å². The van der Waals surface area contributed by atoms with E-state index in [0.29, 0.717) is 0 Å². The Bertz CT molecular complexity index is 502. The van der Waals surface area contributed by atoms with E-state index in [4.69, 9.17) is 0 Å². The van der Waals surface area contributed by atoms with Crippen LogP contribution in [0.25, 0.3) is 0 Å². The SMILES string of the molecule is Cc1ccc([C@@H]2[C@@H](C=O)[C@H]2S(C)(=O)=O)cc1. The Morgan fingerprint density at radius 3 is 2.12 bits per heavy atom. The summed E-state index contributed by atoms with van der Waals surface area (Å²) in [7, 11) is -3.13. The van der Waals surface area contributed by atoms with Gasteiger partial charge in [0.15, 0.2) is 9.84 Å². The van der Waals surface area contributed by atoms with Gasteiger partial charge in [0.25, 0.3) is 0 Å². The predicted octanol–water partition coefficient (Wildman–Crippen LogP) is 1.32. The van der Waals surface area contributed by atoms with Crippen LogP contribution < -0.4 is 0 Å². The smallest absolute Gasteiger partial charge is 0.151 e. The molecular formula is C12H14O3S. The fourth-order valence-corrected chi connectivity index (χ4v) is 3.80. The highest BCUT2D eigenvalue weighted by atomic mass is 32.2. The maximum absolute atomic E-state index is 11.5. The number of hydrogen-bond acceptors (Lipinski definition) is 3. The summed E-state index contributed by atoms with van der Waals surface area (Å²) in [5, 5.41) is -0.521. The fraction of sp³-hybridized carbons (Fsp3) is 0.417. The van der Waals surface area contributed by atoms with Gasteiger partial charge in [0.05, 0.1) is 5.25 Å². The van der Waals surface area contributed by atoms with Gasteiger partial charge in [0, 0.05) is 18.1 Å². The molecule has 86 valence electrons. The molecule has 3 atom stereocenters.